The van der Waals surface area contributed by atoms with Crippen molar-refractivity contribution in [1.82, 2.24) is 0 Å². The summed E-state index contributed by atoms with van der Waals surface area (Å²) in [5.41, 5.74) is 0. The van der Waals surface area contributed by atoms with E-state index in [2.05, 4.69) is 8.37 Å². The lowest BCUT2D eigenvalue weighted by molar-refractivity contribution is -0.154. The summed E-state index contributed by atoms with van der Waals surface area (Å²) in [5.74, 6) is 0. The van der Waals surface area contributed by atoms with Crippen LogP contribution in [0.4, 0.5) is 26.3 Å². The predicted molar refractivity (Wildman–Crippen MR) is 36.8 cm³/mol. The molecule has 0 amide bonds. The van der Waals surface area contributed by atoms with Gasteiger partial charge in [-0.1, -0.05) is 0 Å². The average molecular weight is 260 g/mol. The lowest BCUT2D eigenvalue weighted by Crippen LogP contribution is -2.20. The molecule has 0 bridgehead atoms. The summed E-state index contributed by atoms with van der Waals surface area (Å²) in [7, 11) is 0. The van der Waals surface area contributed by atoms with Gasteiger partial charge in [-0.25, -0.2) is 0 Å². The van der Waals surface area contributed by atoms with Crippen LogP contribution in [0.2, 0.25) is 0 Å². The van der Waals surface area contributed by atoms with Crippen LogP contribution in [0, 0.1) is 0 Å². The van der Waals surface area contributed by atoms with Gasteiger partial charge in [0, 0.05) is 0 Å². The lowest BCUT2D eigenvalue weighted by atomic mass is 10.5. The summed E-state index contributed by atoms with van der Waals surface area (Å²) < 4.78 is 86.5. The molecular weight excluding hydrogens is 254 g/mol. The fraction of sp³-hybridized carbons (Fsp3) is 1.00. The van der Waals surface area contributed by atoms with Crippen molar-refractivity contribution >= 4 is 11.4 Å². The molecule has 0 N–H and O–H groups in total. The number of rotatable bonds is 5. The molecule has 1 atom stereocenters. The molecule has 92 valence electrons. The van der Waals surface area contributed by atoms with Crippen molar-refractivity contribution in [2.24, 2.45) is 0 Å². The first kappa shape index (κ1) is 14.6. The van der Waals surface area contributed by atoms with Crippen LogP contribution in [-0.4, -0.2) is 29.8 Å². The highest BCUT2D eigenvalue weighted by Gasteiger charge is 2.30. The van der Waals surface area contributed by atoms with E-state index in [0.29, 0.717) is 0 Å². The van der Waals surface area contributed by atoms with E-state index in [1.54, 1.807) is 0 Å². The minimum Gasteiger partial charge on any atom is -0.268 e. The summed E-state index contributed by atoms with van der Waals surface area (Å²) >= 11 is -2.82. The maximum Gasteiger partial charge on any atom is 0.413 e. The van der Waals surface area contributed by atoms with E-state index in [1.165, 1.54) is 0 Å². The Morgan fingerprint density at radius 1 is 0.933 bits per heavy atom. The highest BCUT2D eigenvalue weighted by atomic mass is 32.2. The average Bonchev–Trinajstić information content (AvgIpc) is 1.97. The number of hydrogen-bond donors (Lipinski definition) is 0. The van der Waals surface area contributed by atoms with Gasteiger partial charge in [-0.05, 0) is 0 Å². The van der Waals surface area contributed by atoms with E-state index in [4.69, 9.17) is 0 Å². The molecule has 0 rings (SSSR count). The summed E-state index contributed by atoms with van der Waals surface area (Å²) in [4.78, 5) is 0. The summed E-state index contributed by atoms with van der Waals surface area (Å²) in [6.45, 7) is -2.86. The monoisotopic (exact) mass is 260 g/mol. The molecule has 0 spiro atoms. The number of hydrogen-bond acceptors (Lipinski definition) is 3. The Hall–Kier alpha value is -0.350. The zero-order valence-corrected chi connectivity index (χ0v) is 7.84. The van der Waals surface area contributed by atoms with Crippen molar-refractivity contribution in [2.75, 3.05) is 13.2 Å². The molecule has 0 aliphatic carbocycles. The minimum absolute atomic E-state index is 1.02. The molecule has 0 saturated carbocycles. The molecule has 0 aromatic rings. The molecule has 0 aromatic heterocycles. The van der Waals surface area contributed by atoms with Crippen LogP contribution in [0.3, 0.4) is 0 Å². The second kappa shape index (κ2) is 5.66. The van der Waals surface area contributed by atoms with Crippen LogP contribution < -0.4 is 0 Å². The Morgan fingerprint density at radius 3 is 1.87 bits per heavy atom. The normalized spacial score (nSPS) is 15.3. The predicted octanol–water partition coefficient (Wildman–Crippen LogP) is 2.11. The van der Waals surface area contributed by atoms with Crippen molar-refractivity contribution in [1.29, 1.82) is 0 Å². The Balaban J connectivity index is 3.60. The highest BCUT2D eigenvalue weighted by molar-refractivity contribution is 7.75. The van der Waals surface area contributed by atoms with E-state index < -0.39 is 43.3 Å². The lowest BCUT2D eigenvalue weighted by Gasteiger charge is -2.07. The van der Waals surface area contributed by atoms with Gasteiger partial charge in [0.25, 0.3) is 0 Å². The van der Waals surface area contributed by atoms with Crippen molar-refractivity contribution in [3.8, 4) is 0 Å². The van der Waals surface area contributed by atoms with E-state index in [0.717, 1.165) is 0 Å². The molecular formula is C5H6F6O3S. The molecule has 0 aromatic carbocycles. The molecule has 10 heteroatoms. The third-order valence-corrected chi connectivity index (χ3v) is 1.55. The maximum atomic E-state index is 11.5. The van der Waals surface area contributed by atoms with E-state index in [9.17, 15) is 30.6 Å². The van der Waals surface area contributed by atoms with Gasteiger partial charge in [0.1, 0.15) is 0 Å². The molecule has 0 radical (unpaired) electrons. The van der Waals surface area contributed by atoms with E-state index >= 15 is 0 Å². The van der Waals surface area contributed by atoms with Gasteiger partial charge in [-0.3, -0.25) is 8.37 Å². The van der Waals surface area contributed by atoms with Crippen molar-refractivity contribution < 1.29 is 38.9 Å². The Bertz CT molecular complexity index is 212. The second-order valence-corrected chi connectivity index (χ2v) is 3.15. The molecule has 1 unspecified atom stereocenters. The number of halogens is 6. The summed E-state index contributed by atoms with van der Waals surface area (Å²) in [6.07, 6.45) is -10.6. The quantitative estimate of drug-likeness (QED) is 0.710. The third-order valence-electron chi connectivity index (χ3n) is 0.884. The zero-order chi connectivity index (χ0) is 12.1. The Morgan fingerprint density at radius 2 is 1.47 bits per heavy atom. The van der Waals surface area contributed by atoms with E-state index in [-0.39, 0.29) is 0 Å². The summed E-state index contributed by atoms with van der Waals surface area (Å²) in [6, 6.07) is 0. The van der Waals surface area contributed by atoms with Crippen LogP contribution in [0.5, 0.6) is 0 Å². The standard InChI is InChI=1S/C5H6F6O3S/c6-4(7,8)1-2-13-15(12)14-3-5(9,10)11/h1-3H2. The first-order valence-corrected chi connectivity index (χ1v) is 4.42. The van der Waals surface area contributed by atoms with Gasteiger partial charge in [0.05, 0.1) is 13.0 Å². The van der Waals surface area contributed by atoms with Crippen LogP contribution >= 0.6 is 0 Å². The molecule has 0 fully saturated rings. The van der Waals surface area contributed by atoms with Crippen LogP contribution in [0.1, 0.15) is 6.42 Å². The first-order valence-electron chi connectivity index (χ1n) is 3.42. The highest BCUT2D eigenvalue weighted by Crippen LogP contribution is 2.19. The van der Waals surface area contributed by atoms with Gasteiger partial charge >= 0.3 is 23.7 Å². The van der Waals surface area contributed by atoms with E-state index in [1.807, 2.05) is 0 Å². The van der Waals surface area contributed by atoms with Gasteiger partial charge in [-0.15, -0.1) is 0 Å². The molecule has 3 nitrogen and oxygen atoms in total. The summed E-state index contributed by atoms with van der Waals surface area (Å²) in [5, 5.41) is 0. The fourth-order valence-electron chi connectivity index (χ4n) is 0.374. The number of alkyl halides is 6. The van der Waals surface area contributed by atoms with Gasteiger partial charge in [0.2, 0.25) is 0 Å². The van der Waals surface area contributed by atoms with Crippen LogP contribution in [0.15, 0.2) is 0 Å². The second-order valence-electron chi connectivity index (χ2n) is 2.27. The van der Waals surface area contributed by atoms with Gasteiger partial charge < -0.3 is 0 Å². The third kappa shape index (κ3) is 11.6. The first-order chi connectivity index (χ1) is 6.60. The van der Waals surface area contributed by atoms with Crippen LogP contribution in [0.25, 0.3) is 0 Å². The fourth-order valence-corrected chi connectivity index (χ4v) is 0.892. The van der Waals surface area contributed by atoms with Gasteiger partial charge in [0.15, 0.2) is 6.61 Å². The smallest absolute Gasteiger partial charge is 0.268 e. The SMILES string of the molecule is O=S(OCCC(F)(F)F)OCC(F)(F)F. The topological polar surface area (TPSA) is 35.5 Å². The van der Waals surface area contributed by atoms with Crippen molar-refractivity contribution in [2.45, 2.75) is 18.8 Å². The zero-order valence-electron chi connectivity index (χ0n) is 7.02. The Labute approximate surface area is 83.2 Å². The molecule has 0 saturated heterocycles. The Kier molecular flexibility index (Phi) is 5.53. The van der Waals surface area contributed by atoms with Gasteiger partial charge in [-0.2, -0.15) is 30.6 Å². The van der Waals surface area contributed by atoms with Crippen molar-refractivity contribution in [3.05, 3.63) is 0 Å². The van der Waals surface area contributed by atoms with Crippen molar-refractivity contribution in [3.63, 3.8) is 0 Å². The molecule has 0 aliphatic heterocycles. The van der Waals surface area contributed by atoms with Crippen LogP contribution in [-0.2, 0) is 19.7 Å². The molecule has 0 heterocycles. The molecule has 15 heavy (non-hydrogen) atoms. The maximum absolute atomic E-state index is 11.5. The minimum atomic E-state index is -4.71. The largest absolute Gasteiger partial charge is 0.413 e. The molecule has 0 aliphatic rings.